The standard InChI is InChI=1S/C23H19FN4O/c1-15-7-12-20-19(13-15)22(16-5-3-2-4-6-16)28-23(27-20)25-14-21(29)26-18-10-8-17(24)9-11-18/h2-13H,14H2,1H3,(H,26,29)(H,25,27,28). The zero-order valence-corrected chi connectivity index (χ0v) is 15.8. The summed E-state index contributed by atoms with van der Waals surface area (Å²) in [5.41, 5.74) is 4.23. The Morgan fingerprint density at radius 2 is 1.72 bits per heavy atom. The van der Waals surface area contributed by atoms with Crippen molar-refractivity contribution in [3.63, 3.8) is 0 Å². The molecule has 0 spiro atoms. The highest BCUT2D eigenvalue weighted by molar-refractivity contribution is 5.95. The zero-order valence-electron chi connectivity index (χ0n) is 15.8. The second-order valence-corrected chi connectivity index (χ2v) is 6.69. The number of aryl methyl sites for hydroxylation is 1. The van der Waals surface area contributed by atoms with Crippen LogP contribution in [-0.4, -0.2) is 22.4 Å². The van der Waals surface area contributed by atoms with E-state index >= 15 is 0 Å². The van der Waals surface area contributed by atoms with Gasteiger partial charge in [0.15, 0.2) is 0 Å². The van der Waals surface area contributed by atoms with Gasteiger partial charge < -0.3 is 10.6 Å². The first-order valence-electron chi connectivity index (χ1n) is 9.21. The molecular formula is C23H19FN4O. The highest BCUT2D eigenvalue weighted by atomic mass is 19.1. The van der Waals surface area contributed by atoms with Crippen LogP contribution < -0.4 is 10.6 Å². The summed E-state index contributed by atoms with van der Waals surface area (Å²) in [5.74, 6) is -0.255. The van der Waals surface area contributed by atoms with Crippen molar-refractivity contribution in [1.29, 1.82) is 0 Å². The van der Waals surface area contributed by atoms with Gasteiger partial charge in [-0.3, -0.25) is 4.79 Å². The fourth-order valence-corrected chi connectivity index (χ4v) is 3.04. The number of hydrogen-bond acceptors (Lipinski definition) is 4. The number of anilines is 2. The van der Waals surface area contributed by atoms with Crippen LogP contribution in [0.5, 0.6) is 0 Å². The Balaban J connectivity index is 1.58. The fourth-order valence-electron chi connectivity index (χ4n) is 3.04. The SMILES string of the molecule is Cc1ccc2nc(NCC(=O)Nc3ccc(F)cc3)nc(-c3ccccc3)c2c1. The van der Waals surface area contributed by atoms with Crippen LogP contribution >= 0.6 is 0 Å². The largest absolute Gasteiger partial charge is 0.345 e. The smallest absolute Gasteiger partial charge is 0.243 e. The second-order valence-electron chi connectivity index (χ2n) is 6.69. The van der Waals surface area contributed by atoms with Crippen LogP contribution in [0, 0.1) is 12.7 Å². The second kappa shape index (κ2) is 8.06. The summed E-state index contributed by atoms with van der Waals surface area (Å²) in [7, 11) is 0. The third-order valence-corrected chi connectivity index (χ3v) is 4.43. The van der Waals surface area contributed by atoms with Crippen molar-refractivity contribution in [2.45, 2.75) is 6.92 Å². The first-order chi connectivity index (χ1) is 14.1. The summed E-state index contributed by atoms with van der Waals surface area (Å²) in [5, 5.41) is 6.65. The minimum absolute atomic E-state index is 0.0109. The predicted molar refractivity (Wildman–Crippen MR) is 113 cm³/mol. The molecule has 5 nitrogen and oxygen atoms in total. The Morgan fingerprint density at radius 1 is 0.966 bits per heavy atom. The average Bonchev–Trinajstić information content (AvgIpc) is 2.74. The van der Waals surface area contributed by atoms with E-state index in [0.29, 0.717) is 11.6 Å². The molecule has 1 aromatic heterocycles. The van der Waals surface area contributed by atoms with E-state index in [4.69, 9.17) is 0 Å². The van der Waals surface area contributed by atoms with Crippen molar-refractivity contribution in [2.24, 2.45) is 0 Å². The number of nitrogens with one attached hydrogen (secondary N) is 2. The molecule has 0 radical (unpaired) electrons. The highest BCUT2D eigenvalue weighted by Gasteiger charge is 2.11. The van der Waals surface area contributed by atoms with Crippen LogP contribution in [0.25, 0.3) is 22.2 Å². The van der Waals surface area contributed by atoms with Crippen molar-refractivity contribution in [3.05, 3.63) is 84.2 Å². The molecule has 29 heavy (non-hydrogen) atoms. The van der Waals surface area contributed by atoms with Gasteiger partial charge in [0.05, 0.1) is 17.8 Å². The van der Waals surface area contributed by atoms with Crippen molar-refractivity contribution in [3.8, 4) is 11.3 Å². The number of rotatable bonds is 5. The van der Waals surface area contributed by atoms with Crippen molar-refractivity contribution in [1.82, 2.24) is 9.97 Å². The molecule has 3 aromatic carbocycles. The number of carbonyl (C=O) groups excluding carboxylic acids is 1. The van der Waals surface area contributed by atoms with Gasteiger partial charge in [-0.05, 0) is 43.3 Å². The number of benzene rings is 3. The monoisotopic (exact) mass is 386 g/mol. The molecule has 0 aliphatic carbocycles. The summed E-state index contributed by atoms with van der Waals surface area (Å²) in [6.07, 6.45) is 0. The number of hydrogen-bond donors (Lipinski definition) is 2. The van der Waals surface area contributed by atoms with Crippen LogP contribution in [-0.2, 0) is 4.79 Å². The first-order valence-corrected chi connectivity index (χ1v) is 9.21. The minimum atomic E-state index is -0.352. The molecule has 0 saturated heterocycles. The lowest BCUT2D eigenvalue weighted by Gasteiger charge is -2.11. The van der Waals surface area contributed by atoms with Gasteiger partial charge in [0.2, 0.25) is 11.9 Å². The maximum absolute atomic E-state index is 13.0. The van der Waals surface area contributed by atoms with E-state index in [1.54, 1.807) is 0 Å². The Kier molecular flexibility index (Phi) is 5.16. The molecule has 0 saturated carbocycles. The Hall–Kier alpha value is -3.80. The summed E-state index contributed by atoms with van der Waals surface area (Å²) in [6.45, 7) is 2.02. The Morgan fingerprint density at radius 3 is 2.48 bits per heavy atom. The van der Waals surface area contributed by atoms with Crippen molar-refractivity contribution in [2.75, 3.05) is 17.2 Å². The van der Waals surface area contributed by atoms with Gasteiger partial charge in [-0.25, -0.2) is 14.4 Å². The van der Waals surface area contributed by atoms with Gasteiger partial charge in [0, 0.05) is 16.6 Å². The van der Waals surface area contributed by atoms with E-state index in [0.717, 1.165) is 27.7 Å². The molecule has 1 amide bonds. The van der Waals surface area contributed by atoms with Gasteiger partial charge in [-0.2, -0.15) is 0 Å². The number of fused-ring (bicyclic) bond motifs is 1. The lowest BCUT2D eigenvalue weighted by Crippen LogP contribution is -2.22. The number of aromatic nitrogens is 2. The maximum atomic E-state index is 13.0. The number of amides is 1. The average molecular weight is 386 g/mol. The van der Waals surface area contributed by atoms with Crippen LogP contribution in [0.15, 0.2) is 72.8 Å². The Labute approximate surface area is 167 Å². The quantitative estimate of drug-likeness (QED) is 0.517. The third-order valence-electron chi connectivity index (χ3n) is 4.43. The fraction of sp³-hybridized carbons (Fsp3) is 0.0870. The number of halogens is 1. The van der Waals surface area contributed by atoms with E-state index in [2.05, 4.69) is 26.7 Å². The van der Waals surface area contributed by atoms with Crippen LogP contribution in [0.3, 0.4) is 0 Å². The summed E-state index contributed by atoms with van der Waals surface area (Å²) in [6, 6.07) is 21.5. The predicted octanol–water partition coefficient (Wildman–Crippen LogP) is 4.79. The third kappa shape index (κ3) is 4.38. The van der Waals surface area contributed by atoms with E-state index < -0.39 is 0 Å². The molecule has 0 unspecified atom stereocenters. The highest BCUT2D eigenvalue weighted by Crippen LogP contribution is 2.28. The molecule has 0 bridgehead atoms. The van der Waals surface area contributed by atoms with Gasteiger partial charge >= 0.3 is 0 Å². The van der Waals surface area contributed by atoms with Crippen LogP contribution in [0.2, 0.25) is 0 Å². The minimum Gasteiger partial charge on any atom is -0.345 e. The van der Waals surface area contributed by atoms with E-state index in [1.807, 2.05) is 49.4 Å². The van der Waals surface area contributed by atoms with E-state index in [9.17, 15) is 9.18 Å². The lowest BCUT2D eigenvalue weighted by atomic mass is 10.0. The summed E-state index contributed by atoms with van der Waals surface area (Å²) in [4.78, 5) is 21.4. The number of carbonyl (C=O) groups is 1. The van der Waals surface area contributed by atoms with Gasteiger partial charge in [-0.15, -0.1) is 0 Å². The molecule has 4 rings (SSSR count). The molecule has 1 heterocycles. The first kappa shape index (κ1) is 18.6. The van der Waals surface area contributed by atoms with Gasteiger partial charge in [-0.1, -0.05) is 42.0 Å². The molecule has 0 aliphatic rings. The molecule has 2 N–H and O–H groups in total. The normalized spacial score (nSPS) is 10.7. The van der Waals surface area contributed by atoms with Crippen molar-refractivity contribution >= 4 is 28.4 Å². The molecule has 0 fully saturated rings. The van der Waals surface area contributed by atoms with Crippen LogP contribution in [0.1, 0.15) is 5.56 Å². The lowest BCUT2D eigenvalue weighted by molar-refractivity contribution is -0.114. The number of nitrogens with zero attached hydrogens (tertiary/aromatic N) is 2. The molecule has 144 valence electrons. The molecule has 0 aliphatic heterocycles. The van der Waals surface area contributed by atoms with Crippen LogP contribution in [0.4, 0.5) is 16.0 Å². The van der Waals surface area contributed by atoms with Gasteiger partial charge in [0.1, 0.15) is 5.82 Å². The maximum Gasteiger partial charge on any atom is 0.243 e. The zero-order chi connectivity index (χ0) is 20.2. The van der Waals surface area contributed by atoms with E-state index in [1.165, 1.54) is 24.3 Å². The molecule has 0 atom stereocenters. The van der Waals surface area contributed by atoms with Gasteiger partial charge in [0.25, 0.3) is 0 Å². The van der Waals surface area contributed by atoms with E-state index in [-0.39, 0.29) is 18.3 Å². The van der Waals surface area contributed by atoms with Crippen molar-refractivity contribution < 1.29 is 9.18 Å². The molecular weight excluding hydrogens is 367 g/mol. The summed E-state index contributed by atoms with van der Waals surface area (Å²) < 4.78 is 13.0. The molecule has 4 aromatic rings. The summed E-state index contributed by atoms with van der Waals surface area (Å²) >= 11 is 0. The Bertz CT molecular complexity index is 1160. The molecule has 6 heteroatoms. The topological polar surface area (TPSA) is 66.9 Å².